The Morgan fingerprint density at radius 3 is 3.00 bits per heavy atom. The first kappa shape index (κ1) is 11.4. The largest absolute Gasteiger partial charge is 0.338 e. The van der Waals surface area contributed by atoms with Crippen LogP contribution in [0.4, 0.5) is 0 Å². The average Bonchev–Trinajstić information content (AvgIpc) is 3.07. The van der Waals surface area contributed by atoms with Crippen molar-refractivity contribution in [1.29, 1.82) is 0 Å². The number of nitrogens with zero attached hydrogens (tertiary/aromatic N) is 3. The number of nitrogens with two attached hydrogens (primary N) is 1. The molecule has 0 radical (unpaired) electrons. The molecular weight excluding hydrogens is 246 g/mol. The van der Waals surface area contributed by atoms with Crippen LogP contribution in [0.1, 0.15) is 5.89 Å². The second-order valence-corrected chi connectivity index (χ2v) is 3.90. The summed E-state index contributed by atoms with van der Waals surface area (Å²) in [5.41, 5.74) is 6.70. The van der Waals surface area contributed by atoms with Gasteiger partial charge in [0.1, 0.15) is 0 Å². The molecular formula is C12H11N5O2. The average molecular weight is 257 g/mol. The summed E-state index contributed by atoms with van der Waals surface area (Å²) >= 11 is 0. The van der Waals surface area contributed by atoms with E-state index in [9.17, 15) is 4.79 Å². The third kappa shape index (κ3) is 2.06. The third-order valence-corrected chi connectivity index (χ3v) is 2.67. The Labute approximate surface area is 107 Å². The highest BCUT2D eigenvalue weighted by atomic mass is 16.5. The van der Waals surface area contributed by atoms with E-state index in [0.29, 0.717) is 11.7 Å². The van der Waals surface area contributed by atoms with Crippen molar-refractivity contribution in [2.75, 3.05) is 0 Å². The molecule has 0 bridgehead atoms. The molecule has 3 aromatic rings. The van der Waals surface area contributed by atoms with Crippen molar-refractivity contribution >= 4 is 0 Å². The quantitative estimate of drug-likeness (QED) is 0.718. The fourth-order valence-electron chi connectivity index (χ4n) is 1.77. The predicted octanol–water partition coefficient (Wildman–Crippen LogP) is 0.674. The second kappa shape index (κ2) is 4.54. The highest BCUT2D eigenvalue weighted by Gasteiger charge is 2.09. The van der Waals surface area contributed by atoms with Crippen LogP contribution in [-0.2, 0) is 6.54 Å². The van der Waals surface area contributed by atoms with Gasteiger partial charge in [-0.15, -0.1) is 0 Å². The van der Waals surface area contributed by atoms with E-state index in [1.165, 1.54) is 4.57 Å². The molecule has 96 valence electrons. The van der Waals surface area contributed by atoms with Gasteiger partial charge in [0.2, 0.25) is 11.7 Å². The molecule has 1 aromatic carbocycles. The van der Waals surface area contributed by atoms with Crippen molar-refractivity contribution < 1.29 is 4.52 Å². The van der Waals surface area contributed by atoms with Crippen molar-refractivity contribution in [2.24, 2.45) is 5.73 Å². The summed E-state index contributed by atoms with van der Waals surface area (Å²) in [6, 6.07) is 7.29. The first-order valence-electron chi connectivity index (χ1n) is 5.67. The summed E-state index contributed by atoms with van der Waals surface area (Å²) in [6.07, 6.45) is 3.23. The maximum atomic E-state index is 11.6. The van der Waals surface area contributed by atoms with E-state index in [1.54, 1.807) is 18.5 Å². The molecule has 7 nitrogen and oxygen atoms in total. The highest BCUT2D eigenvalue weighted by Crippen LogP contribution is 2.18. The number of rotatable bonds is 3. The Hall–Kier alpha value is -2.67. The van der Waals surface area contributed by atoms with Gasteiger partial charge in [-0.05, 0) is 12.1 Å². The van der Waals surface area contributed by atoms with E-state index in [2.05, 4.69) is 15.1 Å². The molecule has 3 rings (SSSR count). The predicted molar refractivity (Wildman–Crippen MR) is 67.6 cm³/mol. The molecule has 2 aromatic heterocycles. The van der Waals surface area contributed by atoms with Gasteiger partial charge in [0.15, 0.2) is 0 Å². The standard InChI is InChI=1S/C12H11N5O2/c13-7-10-15-11(16-19-10)8-2-1-3-9(6-8)17-5-4-14-12(17)18/h1-6H,7,13H2,(H,14,18). The number of hydrogen-bond acceptors (Lipinski definition) is 5. The van der Waals surface area contributed by atoms with Gasteiger partial charge in [0.25, 0.3) is 0 Å². The van der Waals surface area contributed by atoms with Crippen LogP contribution in [0, 0.1) is 0 Å². The number of H-pyrrole nitrogens is 1. The number of aromatic amines is 1. The SMILES string of the molecule is NCc1nc(-c2cccc(-n3cc[nH]c3=O)c2)no1. The van der Waals surface area contributed by atoms with Gasteiger partial charge in [0.05, 0.1) is 12.2 Å². The molecule has 2 heterocycles. The molecule has 0 saturated heterocycles. The fourth-order valence-corrected chi connectivity index (χ4v) is 1.77. The lowest BCUT2D eigenvalue weighted by atomic mass is 10.2. The van der Waals surface area contributed by atoms with Crippen molar-refractivity contribution in [2.45, 2.75) is 6.54 Å². The zero-order valence-corrected chi connectivity index (χ0v) is 9.91. The zero-order valence-electron chi connectivity index (χ0n) is 9.91. The highest BCUT2D eigenvalue weighted by molar-refractivity contribution is 5.58. The van der Waals surface area contributed by atoms with Crippen LogP contribution in [-0.4, -0.2) is 19.7 Å². The minimum Gasteiger partial charge on any atom is -0.338 e. The van der Waals surface area contributed by atoms with Crippen LogP contribution in [0.5, 0.6) is 0 Å². The van der Waals surface area contributed by atoms with E-state index in [1.807, 2.05) is 18.2 Å². The Morgan fingerprint density at radius 2 is 2.32 bits per heavy atom. The fraction of sp³-hybridized carbons (Fsp3) is 0.0833. The summed E-state index contributed by atoms with van der Waals surface area (Å²) < 4.78 is 6.46. The van der Waals surface area contributed by atoms with Crippen LogP contribution in [0.3, 0.4) is 0 Å². The van der Waals surface area contributed by atoms with E-state index in [-0.39, 0.29) is 12.2 Å². The third-order valence-electron chi connectivity index (χ3n) is 2.67. The summed E-state index contributed by atoms with van der Waals surface area (Å²) in [7, 11) is 0. The zero-order chi connectivity index (χ0) is 13.2. The number of hydrogen-bond donors (Lipinski definition) is 2. The van der Waals surface area contributed by atoms with Gasteiger partial charge in [-0.1, -0.05) is 17.3 Å². The first-order valence-corrected chi connectivity index (χ1v) is 5.67. The Balaban J connectivity index is 2.05. The topological polar surface area (TPSA) is 103 Å². The molecule has 0 saturated carbocycles. The van der Waals surface area contributed by atoms with E-state index >= 15 is 0 Å². The monoisotopic (exact) mass is 257 g/mol. The van der Waals surface area contributed by atoms with E-state index in [0.717, 1.165) is 11.3 Å². The van der Waals surface area contributed by atoms with Crippen LogP contribution in [0.2, 0.25) is 0 Å². The molecule has 0 fully saturated rings. The molecule has 0 spiro atoms. The smallest absolute Gasteiger partial charge is 0.330 e. The number of nitrogens with one attached hydrogen (secondary N) is 1. The Bertz CT molecular complexity index is 755. The van der Waals surface area contributed by atoms with Gasteiger partial charge in [-0.3, -0.25) is 4.57 Å². The summed E-state index contributed by atoms with van der Waals surface area (Å²) in [5.74, 6) is 0.824. The lowest BCUT2D eigenvalue weighted by Gasteiger charge is -2.02. The number of imidazole rings is 1. The normalized spacial score (nSPS) is 10.8. The minimum absolute atomic E-state index is 0.198. The molecule has 0 aliphatic rings. The number of benzene rings is 1. The molecule has 19 heavy (non-hydrogen) atoms. The van der Waals surface area contributed by atoms with Gasteiger partial charge < -0.3 is 15.2 Å². The molecule has 3 N–H and O–H groups in total. The van der Waals surface area contributed by atoms with Crippen LogP contribution in [0.25, 0.3) is 17.1 Å². The van der Waals surface area contributed by atoms with Gasteiger partial charge >= 0.3 is 5.69 Å². The Kier molecular flexibility index (Phi) is 2.73. The summed E-state index contributed by atoms with van der Waals surface area (Å²) in [6.45, 7) is 0.198. The van der Waals surface area contributed by atoms with Gasteiger partial charge in [0, 0.05) is 18.0 Å². The van der Waals surface area contributed by atoms with Crippen LogP contribution >= 0.6 is 0 Å². The second-order valence-electron chi connectivity index (χ2n) is 3.90. The molecule has 0 aliphatic carbocycles. The van der Waals surface area contributed by atoms with Gasteiger partial charge in [-0.25, -0.2) is 4.79 Å². The molecule has 0 unspecified atom stereocenters. The van der Waals surface area contributed by atoms with Crippen molar-refractivity contribution in [3.05, 3.63) is 53.0 Å². The van der Waals surface area contributed by atoms with Crippen molar-refractivity contribution in [3.8, 4) is 17.1 Å². The maximum Gasteiger partial charge on any atom is 0.330 e. The van der Waals surface area contributed by atoms with Gasteiger partial charge in [-0.2, -0.15) is 4.98 Å². The minimum atomic E-state index is -0.201. The molecule has 0 amide bonds. The molecule has 0 atom stereocenters. The first-order chi connectivity index (χ1) is 9.28. The van der Waals surface area contributed by atoms with Crippen molar-refractivity contribution in [1.82, 2.24) is 19.7 Å². The molecule has 0 aliphatic heterocycles. The summed E-state index contributed by atoms with van der Waals surface area (Å²) in [4.78, 5) is 18.3. The maximum absolute atomic E-state index is 11.6. The lowest BCUT2D eigenvalue weighted by Crippen LogP contribution is -2.13. The van der Waals surface area contributed by atoms with Crippen molar-refractivity contribution in [3.63, 3.8) is 0 Å². The van der Waals surface area contributed by atoms with Crippen LogP contribution < -0.4 is 11.4 Å². The number of aromatic nitrogens is 4. The summed E-state index contributed by atoms with van der Waals surface area (Å²) in [5, 5.41) is 3.84. The molecule has 7 heteroatoms. The van der Waals surface area contributed by atoms with E-state index in [4.69, 9.17) is 10.3 Å². The van der Waals surface area contributed by atoms with E-state index < -0.39 is 0 Å². The Morgan fingerprint density at radius 1 is 1.42 bits per heavy atom. The lowest BCUT2D eigenvalue weighted by molar-refractivity contribution is 0.380. The van der Waals surface area contributed by atoms with Crippen LogP contribution in [0.15, 0.2) is 46.0 Å².